The molecule has 1 fully saturated rings. The molecule has 1 aliphatic carbocycles. The van der Waals surface area contributed by atoms with E-state index < -0.39 is 78.9 Å². The maximum absolute atomic E-state index is 12.3. The van der Waals surface area contributed by atoms with Crippen molar-refractivity contribution in [3.05, 3.63) is 73.4 Å². The number of carboxylic acid groups (broad SMARTS) is 4. The lowest BCUT2D eigenvalue weighted by molar-refractivity contribution is -0.160. The second-order valence-corrected chi connectivity index (χ2v) is 12.0. The third kappa shape index (κ3) is 16.0. The SMILES string of the molecule is C=COCCOC(=O)c1cc(C(=O)OCCOC=C)cc(C(=O)OCCOC=C)c1.O=C(O)[C@@H]1[C@H](C(=O)O)[C@H](C(=O)O)C[C@@H]1C(=O)O.[3H][P+](P)=S. The van der Waals surface area contributed by atoms with Crippen LogP contribution in [-0.2, 0) is 59.4 Å². The van der Waals surface area contributed by atoms with E-state index in [1.54, 1.807) is 0 Å². The molecule has 50 heavy (non-hydrogen) atoms. The van der Waals surface area contributed by atoms with E-state index >= 15 is 0 Å². The number of benzene rings is 1. The Morgan fingerprint density at radius 2 is 0.920 bits per heavy atom. The van der Waals surface area contributed by atoms with E-state index in [0.29, 0.717) is 0 Å². The molecule has 4 N–H and O–H groups in total. The van der Waals surface area contributed by atoms with E-state index in [1.165, 1.54) is 37.0 Å². The van der Waals surface area contributed by atoms with Crippen molar-refractivity contribution in [2.75, 3.05) is 39.6 Å². The van der Waals surface area contributed by atoms with Crippen LogP contribution >= 0.6 is 15.9 Å². The first-order valence-electron chi connectivity index (χ1n) is 14.4. The predicted molar refractivity (Wildman–Crippen MR) is 180 cm³/mol. The average molecular weight is 766 g/mol. The third-order valence-corrected chi connectivity index (χ3v) is 6.26. The highest BCUT2D eigenvalue weighted by Gasteiger charge is 2.56. The van der Waals surface area contributed by atoms with Gasteiger partial charge in [-0.25, -0.2) is 14.4 Å². The lowest BCUT2D eigenvalue weighted by Gasteiger charge is -2.16. The van der Waals surface area contributed by atoms with Crippen molar-refractivity contribution in [3.8, 4) is 0 Å². The van der Waals surface area contributed by atoms with Crippen molar-refractivity contribution in [1.82, 2.24) is 0 Å². The standard InChI is InChI=1S/C21H24O9.C9H10O8.H2P2S/c1-4-25-7-10-28-19(22)16-13-17(20(23)29-11-8-26-5-2)15-18(14-16)21(24)30-12-9-27-6-3;10-6(11)2-1-3(7(12)13)5(9(16)17)4(2)8(14)15;1-2-3/h4-6,13-15H,1-3,7-12H2;2-5H,1H2,(H,10,11)(H,12,13)(H,14,15)(H,16,17);1H2/p+1/t;2-,3+,4-,5+;/i/hT. The molecule has 1 saturated carbocycles. The second-order valence-electron chi connectivity index (χ2n) is 9.28. The smallest absolute Gasteiger partial charge is 0.355 e. The first-order valence-corrected chi connectivity index (χ1v) is 17.5. The van der Waals surface area contributed by atoms with Crippen molar-refractivity contribution < 1.29 is 82.4 Å². The molecule has 0 bridgehead atoms. The average Bonchev–Trinajstić information content (AvgIpc) is 3.49. The molecule has 1 aromatic carbocycles. The number of carboxylic acids is 4. The molecule has 0 aromatic heterocycles. The van der Waals surface area contributed by atoms with E-state index in [2.05, 4.69) is 40.5 Å². The molecule has 2 rings (SSSR count). The molecule has 0 heterocycles. The van der Waals surface area contributed by atoms with Gasteiger partial charge in [-0.15, -0.1) is 0 Å². The van der Waals surface area contributed by atoms with Gasteiger partial charge in [0, 0.05) is 0 Å². The summed E-state index contributed by atoms with van der Waals surface area (Å²) in [7, 11) is 2.20. The van der Waals surface area contributed by atoms with Crippen LogP contribution in [0, 0.1) is 23.7 Å². The molecule has 1 aliphatic rings. The summed E-state index contributed by atoms with van der Waals surface area (Å²) in [6.45, 7) is 9.45. The predicted octanol–water partition coefficient (Wildman–Crippen LogP) is 2.75. The van der Waals surface area contributed by atoms with Gasteiger partial charge in [0.1, 0.15) is 39.6 Å². The maximum atomic E-state index is 12.3. The zero-order valence-corrected chi connectivity index (χ0v) is 29.2. The van der Waals surface area contributed by atoms with Gasteiger partial charge in [0.15, 0.2) is 18.8 Å². The molecule has 274 valence electrons. The summed E-state index contributed by atoms with van der Waals surface area (Å²) < 4.78 is 36.2. The minimum absolute atomic E-state index is 0.0281. The Hall–Kier alpha value is -4.92. The van der Waals surface area contributed by atoms with Crippen LogP contribution in [0.1, 0.15) is 37.5 Å². The summed E-state index contributed by atoms with van der Waals surface area (Å²) in [6, 6.07) is 3.76. The lowest BCUT2D eigenvalue weighted by Crippen LogP contribution is -2.35. The van der Waals surface area contributed by atoms with Gasteiger partial charge in [-0.2, -0.15) is 0 Å². The fourth-order valence-corrected chi connectivity index (χ4v) is 4.26. The van der Waals surface area contributed by atoms with E-state index in [1.807, 2.05) is 0 Å². The Kier molecular flexibility index (Phi) is 21.6. The van der Waals surface area contributed by atoms with Gasteiger partial charge >= 0.3 is 43.1 Å². The summed E-state index contributed by atoms with van der Waals surface area (Å²) in [5, 5.41) is 35.2. The van der Waals surface area contributed by atoms with Gasteiger partial charge < -0.3 is 48.8 Å². The molecule has 0 spiro atoms. The summed E-state index contributed by atoms with van der Waals surface area (Å²) in [6.07, 6.45) is 3.15. The van der Waals surface area contributed by atoms with Crippen molar-refractivity contribution in [3.63, 3.8) is 0 Å². The van der Waals surface area contributed by atoms with Gasteiger partial charge in [0.2, 0.25) is 0 Å². The van der Waals surface area contributed by atoms with Crippen molar-refractivity contribution in [2.45, 2.75) is 6.42 Å². The van der Waals surface area contributed by atoms with Gasteiger partial charge in [-0.05, 0) is 24.6 Å². The highest BCUT2D eigenvalue weighted by atomic mass is 32.6. The van der Waals surface area contributed by atoms with Gasteiger partial charge in [-0.3, -0.25) is 19.2 Å². The molecule has 6 atom stereocenters. The molecule has 20 heteroatoms. The Bertz CT molecular complexity index is 1300. The summed E-state index contributed by atoms with van der Waals surface area (Å²) in [5.41, 5.74) is -0.0842. The van der Waals surface area contributed by atoms with Crippen LogP contribution in [0.5, 0.6) is 0 Å². The molecule has 0 aliphatic heterocycles. The topological polar surface area (TPSA) is 256 Å². The zero-order chi connectivity index (χ0) is 39.1. The van der Waals surface area contributed by atoms with Crippen LogP contribution < -0.4 is 0 Å². The number of hydrogen-bond acceptors (Lipinski definition) is 14. The van der Waals surface area contributed by atoms with Crippen LogP contribution in [0.3, 0.4) is 0 Å². The lowest BCUT2D eigenvalue weighted by atomic mass is 9.87. The quantitative estimate of drug-likeness (QED) is 0.0519. The third-order valence-electron chi connectivity index (χ3n) is 6.26. The van der Waals surface area contributed by atoms with Gasteiger partial charge in [-0.1, -0.05) is 19.7 Å². The van der Waals surface area contributed by atoms with Crippen molar-refractivity contribution in [1.29, 1.82) is 1.28 Å². The Morgan fingerprint density at radius 1 is 0.660 bits per heavy atom. The van der Waals surface area contributed by atoms with Crippen LogP contribution in [0.2, 0.25) is 0 Å². The van der Waals surface area contributed by atoms with Crippen LogP contribution in [0.4, 0.5) is 0 Å². The van der Waals surface area contributed by atoms with E-state index in [4.69, 9.17) is 50.1 Å². The number of aliphatic carboxylic acids is 4. The summed E-state index contributed by atoms with van der Waals surface area (Å²) in [4.78, 5) is 80.2. The van der Waals surface area contributed by atoms with Gasteiger partial charge in [0.05, 0.1) is 68.1 Å². The fraction of sp³-hybridized carbons (Fsp3) is 0.367. The normalized spacial score (nSPS) is 17.5. The van der Waals surface area contributed by atoms with E-state index in [0.717, 1.165) is 0 Å². The minimum Gasteiger partial charge on any atom is -0.498 e. The summed E-state index contributed by atoms with van der Waals surface area (Å²) >= 11 is 4.31. The molecular weight excluding hydrogens is 726 g/mol. The Labute approximate surface area is 296 Å². The largest absolute Gasteiger partial charge is 0.498 e. The highest BCUT2D eigenvalue weighted by molar-refractivity contribution is 8.24. The molecule has 2 unspecified atom stereocenters. The molecule has 0 amide bonds. The Balaban J connectivity index is 0.000000996. The molecule has 0 saturated heterocycles. The second kappa shape index (κ2) is 25.1. The van der Waals surface area contributed by atoms with Crippen LogP contribution in [-0.4, -0.2) is 103 Å². The van der Waals surface area contributed by atoms with Crippen LogP contribution in [0.15, 0.2) is 56.7 Å². The van der Waals surface area contributed by atoms with Crippen molar-refractivity contribution >= 4 is 69.5 Å². The first-order chi connectivity index (χ1) is 24.0. The van der Waals surface area contributed by atoms with Crippen LogP contribution in [0.25, 0.3) is 0 Å². The Morgan fingerprint density at radius 3 is 1.12 bits per heavy atom. The number of rotatable bonds is 19. The zero-order valence-electron chi connectivity index (χ0n) is 27.4. The first kappa shape index (κ1) is 43.1. The number of hydrogen-bond donors (Lipinski definition) is 4. The number of carbonyl (C=O) groups excluding carboxylic acids is 3. The van der Waals surface area contributed by atoms with Gasteiger partial charge in [0.25, 0.3) is 0 Å². The highest BCUT2D eigenvalue weighted by Crippen LogP contribution is 2.42. The number of ether oxygens (including phenoxy) is 6. The van der Waals surface area contributed by atoms with E-state index in [9.17, 15) is 33.6 Å². The summed E-state index contributed by atoms with van der Waals surface area (Å²) in [5.74, 6) is -14.9. The molecule has 17 nitrogen and oxygen atoms in total. The van der Waals surface area contributed by atoms with E-state index in [-0.39, 0.29) is 56.3 Å². The number of carbonyl (C=O) groups is 7. The molecule has 0 radical (unpaired) electrons. The fourth-order valence-electron chi connectivity index (χ4n) is 4.26. The molecule has 1 aromatic rings. The minimum atomic E-state index is -1.72. The van der Waals surface area contributed by atoms with Crippen molar-refractivity contribution in [2.24, 2.45) is 23.7 Å². The number of esters is 3. The molecular formula is C30H37O17P2S+. The monoisotopic (exact) mass is 765 g/mol. The maximum Gasteiger partial charge on any atom is 0.355 e.